The van der Waals surface area contributed by atoms with E-state index in [-0.39, 0.29) is 29.2 Å². The molecule has 0 amide bonds. The smallest absolute Gasteiger partial charge is 0.263 e. The van der Waals surface area contributed by atoms with Crippen LogP contribution < -0.4 is 0 Å². The lowest BCUT2D eigenvalue weighted by atomic mass is 9.89. The molecular weight excluding hydrogens is 232 g/mol. The first-order valence-corrected chi connectivity index (χ1v) is 5.73. The molecule has 3 rings (SSSR count). The van der Waals surface area contributed by atoms with Gasteiger partial charge in [-0.15, -0.1) is 0 Å². The van der Waals surface area contributed by atoms with E-state index in [9.17, 15) is 9.59 Å². The van der Waals surface area contributed by atoms with Crippen molar-refractivity contribution in [3.8, 4) is 0 Å². The summed E-state index contributed by atoms with van der Waals surface area (Å²) in [5.74, 6) is -0.264. The number of hydrogen-bond acceptors (Lipinski definition) is 4. The third-order valence-corrected chi connectivity index (χ3v) is 3.36. The Morgan fingerprint density at radius 3 is 2.78 bits per heavy atom. The zero-order chi connectivity index (χ0) is 13.0. The lowest BCUT2D eigenvalue weighted by molar-refractivity contribution is 0.0850. The monoisotopic (exact) mass is 244 g/mol. The van der Waals surface area contributed by atoms with Gasteiger partial charge in [0.2, 0.25) is 0 Å². The highest BCUT2D eigenvalue weighted by Gasteiger charge is 2.43. The largest absolute Gasteiger partial charge is 0.481 e. The summed E-state index contributed by atoms with van der Waals surface area (Å²) in [5, 5.41) is 0. The van der Waals surface area contributed by atoms with Crippen LogP contribution in [0.4, 0.5) is 0 Å². The van der Waals surface area contributed by atoms with Crippen molar-refractivity contribution in [1.29, 1.82) is 0 Å². The first-order valence-electron chi connectivity index (χ1n) is 5.73. The zero-order valence-corrected chi connectivity index (χ0v) is 10.2. The second kappa shape index (κ2) is 3.45. The van der Waals surface area contributed by atoms with Gasteiger partial charge in [-0.25, -0.2) is 0 Å². The molecule has 0 saturated heterocycles. The zero-order valence-electron chi connectivity index (χ0n) is 10.2. The maximum atomic E-state index is 12.3. The number of rotatable bonds is 1. The van der Waals surface area contributed by atoms with Crippen LogP contribution in [0.15, 0.2) is 34.2 Å². The molecule has 0 saturated carbocycles. The summed E-state index contributed by atoms with van der Waals surface area (Å²) in [7, 11) is 0. The van der Waals surface area contributed by atoms with Crippen LogP contribution in [0.2, 0.25) is 0 Å². The number of fused-ring (bicyclic) bond motifs is 1. The standard InChI is InChI=1S/C14H12O4/c1-6(2)9-4-8-11(15)10-7(3)5-17-14(10)12(16)13(8)18-9/h5,9H,1,4H2,2-3H3/t9-/m1/s1. The number of carbonyl (C=O) groups is 2. The van der Waals surface area contributed by atoms with Gasteiger partial charge in [-0.1, -0.05) is 6.58 Å². The van der Waals surface area contributed by atoms with Gasteiger partial charge in [0.1, 0.15) is 6.10 Å². The van der Waals surface area contributed by atoms with E-state index in [4.69, 9.17) is 9.15 Å². The fourth-order valence-electron chi connectivity index (χ4n) is 2.34. The molecule has 18 heavy (non-hydrogen) atoms. The summed E-state index contributed by atoms with van der Waals surface area (Å²) < 4.78 is 10.7. The maximum absolute atomic E-state index is 12.3. The van der Waals surface area contributed by atoms with Gasteiger partial charge in [0.25, 0.3) is 5.78 Å². The van der Waals surface area contributed by atoms with E-state index in [1.54, 1.807) is 6.92 Å². The average molecular weight is 244 g/mol. The van der Waals surface area contributed by atoms with Crippen molar-refractivity contribution in [2.24, 2.45) is 0 Å². The second-order valence-electron chi connectivity index (χ2n) is 4.75. The first-order chi connectivity index (χ1) is 8.50. The molecule has 1 aromatic heterocycles. The van der Waals surface area contributed by atoms with Crippen molar-refractivity contribution in [3.05, 3.63) is 46.6 Å². The number of Topliss-reactive ketones (excluding diaryl/α,β-unsaturated/α-hetero) is 2. The molecule has 0 fully saturated rings. The summed E-state index contributed by atoms with van der Waals surface area (Å²) in [6.07, 6.45) is 1.56. The average Bonchev–Trinajstić information content (AvgIpc) is 2.90. The Labute approximate surface area is 104 Å². The molecule has 2 heterocycles. The Kier molecular flexibility index (Phi) is 2.11. The Balaban J connectivity index is 2.09. The van der Waals surface area contributed by atoms with Gasteiger partial charge < -0.3 is 9.15 Å². The number of furan rings is 1. The van der Waals surface area contributed by atoms with Crippen molar-refractivity contribution in [2.75, 3.05) is 0 Å². The SMILES string of the molecule is C=C(C)[C@H]1CC2=C(O1)C(=O)c1occ(C)c1C2=O. The highest BCUT2D eigenvalue weighted by Crippen LogP contribution is 2.38. The number of ether oxygens (including phenoxy) is 1. The fraction of sp³-hybridized carbons (Fsp3) is 0.286. The topological polar surface area (TPSA) is 56.5 Å². The van der Waals surface area contributed by atoms with E-state index in [2.05, 4.69) is 6.58 Å². The van der Waals surface area contributed by atoms with Crippen molar-refractivity contribution < 1.29 is 18.7 Å². The van der Waals surface area contributed by atoms with Gasteiger partial charge in [0.15, 0.2) is 17.3 Å². The molecule has 0 N–H and O–H groups in total. The molecule has 2 aliphatic rings. The van der Waals surface area contributed by atoms with Gasteiger partial charge in [-0.3, -0.25) is 9.59 Å². The Bertz CT molecular complexity index is 630. The Morgan fingerprint density at radius 2 is 2.11 bits per heavy atom. The molecule has 1 aliphatic heterocycles. The predicted octanol–water partition coefficient (Wildman–Crippen LogP) is 2.59. The van der Waals surface area contributed by atoms with Gasteiger partial charge in [-0.05, 0) is 25.0 Å². The lowest BCUT2D eigenvalue weighted by Gasteiger charge is -2.12. The van der Waals surface area contributed by atoms with Gasteiger partial charge in [-0.2, -0.15) is 0 Å². The number of carbonyl (C=O) groups excluding carboxylic acids is 2. The van der Waals surface area contributed by atoms with E-state index in [0.717, 1.165) is 5.57 Å². The van der Waals surface area contributed by atoms with Crippen LogP contribution in [0.1, 0.15) is 39.8 Å². The summed E-state index contributed by atoms with van der Waals surface area (Å²) in [5.41, 5.74) is 2.32. The molecule has 1 aromatic rings. The molecule has 0 radical (unpaired) electrons. The van der Waals surface area contributed by atoms with Crippen LogP contribution in [0, 0.1) is 6.92 Å². The molecule has 1 aliphatic carbocycles. The van der Waals surface area contributed by atoms with Crippen molar-refractivity contribution in [1.82, 2.24) is 0 Å². The van der Waals surface area contributed by atoms with Crippen LogP contribution in [0.3, 0.4) is 0 Å². The highest BCUT2D eigenvalue weighted by atomic mass is 16.5. The van der Waals surface area contributed by atoms with Crippen LogP contribution in [-0.2, 0) is 4.74 Å². The minimum Gasteiger partial charge on any atom is -0.481 e. The molecule has 92 valence electrons. The summed E-state index contributed by atoms with van der Waals surface area (Å²) in [6, 6.07) is 0. The Morgan fingerprint density at radius 1 is 1.39 bits per heavy atom. The molecule has 4 nitrogen and oxygen atoms in total. The van der Waals surface area contributed by atoms with Crippen molar-refractivity contribution in [3.63, 3.8) is 0 Å². The molecule has 0 bridgehead atoms. The molecule has 4 heteroatoms. The normalized spacial score (nSPS) is 21.8. The summed E-state index contributed by atoms with van der Waals surface area (Å²) in [4.78, 5) is 24.5. The quantitative estimate of drug-likeness (QED) is 0.712. The molecule has 0 spiro atoms. The van der Waals surface area contributed by atoms with E-state index < -0.39 is 0 Å². The van der Waals surface area contributed by atoms with Crippen LogP contribution in [0.25, 0.3) is 0 Å². The summed E-state index contributed by atoms with van der Waals surface area (Å²) in [6.45, 7) is 7.38. The predicted molar refractivity (Wildman–Crippen MR) is 63.4 cm³/mol. The number of ketones is 2. The molecule has 0 unspecified atom stereocenters. The Hall–Kier alpha value is -2.10. The minimum absolute atomic E-state index is 0.0959. The maximum Gasteiger partial charge on any atom is 0.263 e. The van der Waals surface area contributed by atoms with Gasteiger partial charge >= 0.3 is 0 Å². The van der Waals surface area contributed by atoms with E-state index >= 15 is 0 Å². The van der Waals surface area contributed by atoms with Crippen molar-refractivity contribution >= 4 is 11.6 Å². The number of allylic oxidation sites excluding steroid dienone is 1. The molecule has 0 aromatic carbocycles. The number of hydrogen-bond donors (Lipinski definition) is 0. The van der Waals surface area contributed by atoms with E-state index in [1.807, 2.05) is 6.92 Å². The molecular formula is C14H12O4. The lowest BCUT2D eigenvalue weighted by Crippen LogP contribution is -2.19. The van der Waals surface area contributed by atoms with Gasteiger partial charge in [0.05, 0.1) is 17.4 Å². The first kappa shape index (κ1) is 11.0. The van der Waals surface area contributed by atoms with Crippen molar-refractivity contribution in [2.45, 2.75) is 26.4 Å². The minimum atomic E-state index is -0.337. The van der Waals surface area contributed by atoms with E-state index in [0.29, 0.717) is 23.1 Å². The summed E-state index contributed by atoms with van der Waals surface area (Å²) >= 11 is 0. The van der Waals surface area contributed by atoms with Crippen LogP contribution >= 0.6 is 0 Å². The molecule has 1 atom stereocenters. The fourth-order valence-corrected chi connectivity index (χ4v) is 2.34. The van der Waals surface area contributed by atoms with Gasteiger partial charge in [0, 0.05) is 6.42 Å². The second-order valence-corrected chi connectivity index (χ2v) is 4.75. The van der Waals surface area contributed by atoms with Crippen LogP contribution in [-0.4, -0.2) is 17.7 Å². The highest BCUT2D eigenvalue weighted by molar-refractivity contribution is 6.26. The third-order valence-electron chi connectivity index (χ3n) is 3.36. The van der Waals surface area contributed by atoms with E-state index in [1.165, 1.54) is 6.26 Å². The van der Waals surface area contributed by atoms with Crippen LogP contribution in [0.5, 0.6) is 0 Å². The number of aryl methyl sites for hydroxylation is 1. The third kappa shape index (κ3) is 1.26.